The minimum absolute atomic E-state index is 0.0701. The molecular weight excluding hydrogens is 190 g/mol. The van der Waals surface area contributed by atoms with Crippen molar-refractivity contribution in [3.63, 3.8) is 0 Å². The molecule has 0 saturated carbocycles. The lowest BCUT2D eigenvalue weighted by atomic mass is 10.2. The Morgan fingerprint density at radius 2 is 2.14 bits per heavy atom. The maximum absolute atomic E-state index is 12.4. The summed E-state index contributed by atoms with van der Waals surface area (Å²) >= 11 is 0. The molecule has 3 nitrogen and oxygen atoms in total. The largest absolute Gasteiger partial charge is 0.508 e. The average Bonchev–Trinajstić information content (AvgIpc) is 2.43. The molecule has 1 heterocycles. The van der Waals surface area contributed by atoms with Gasteiger partial charge in [-0.15, -0.1) is 0 Å². The first-order valence-electron chi connectivity index (χ1n) is 3.91. The van der Waals surface area contributed by atoms with E-state index in [4.69, 9.17) is 5.11 Å². The number of rotatable bonds is 1. The fraction of sp³-hybridized carbons (Fsp3) is 0.111. The van der Waals surface area contributed by atoms with Crippen molar-refractivity contribution in [2.75, 3.05) is 0 Å². The zero-order valence-electron chi connectivity index (χ0n) is 7.11. The SMILES string of the molecule is [CH2]c1nn(C(F)F)c2cc(O)ccc12. The third-order valence-electron chi connectivity index (χ3n) is 1.95. The Morgan fingerprint density at radius 3 is 2.79 bits per heavy atom. The molecule has 1 aromatic heterocycles. The van der Waals surface area contributed by atoms with Crippen LogP contribution in [0, 0.1) is 6.92 Å². The summed E-state index contributed by atoms with van der Waals surface area (Å²) in [6.45, 7) is 0.807. The highest BCUT2D eigenvalue weighted by Crippen LogP contribution is 2.25. The van der Waals surface area contributed by atoms with Gasteiger partial charge in [-0.3, -0.25) is 0 Å². The van der Waals surface area contributed by atoms with E-state index in [1.165, 1.54) is 18.2 Å². The van der Waals surface area contributed by atoms with Gasteiger partial charge in [0, 0.05) is 11.5 Å². The number of hydrogen-bond acceptors (Lipinski definition) is 2. The zero-order chi connectivity index (χ0) is 10.3. The van der Waals surface area contributed by atoms with Crippen molar-refractivity contribution in [2.45, 2.75) is 6.55 Å². The van der Waals surface area contributed by atoms with Crippen molar-refractivity contribution >= 4 is 10.9 Å². The number of phenols is 1. The summed E-state index contributed by atoms with van der Waals surface area (Å²) in [6.07, 6.45) is 0. The second-order valence-electron chi connectivity index (χ2n) is 2.87. The van der Waals surface area contributed by atoms with Crippen LogP contribution in [0.5, 0.6) is 5.75 Å². The summed E-state index contributed by atoms with van der Waals surface area (Å²) in [5.41, 5.74) is 0.463. The van der Waals surface area contributed by atoms with E-state index in [-0.39, 0.29) is 17.0 Å². The fourth-order valence-electron chi connectivity index (χ4n) is 1.34. The first kappa shape index (κ1) is 8.93. The number of hydrogen-bond donors (Lipinski definition) is 1. The number of alkyl halides is 2. The molecule has 0 spiro atoms. The van der Waals surface area contributed by atoms with Gasteiger partial charge in [0.15, 0.2) is 0 Å². The van der Waals surface area contributed by atoms with Gasteiger partial charge in [-0.25, -0.2) is 4.68 Å². The molecule has 0 aliphatic rings. The summed E-state index contributed by atoms with van der Waals surface area (Å²) in [4.78, 5) is 0. The summed E-state index contributed by atoms with van der Waals surface area (Å²) in [5.74, 6) is -0.0701. The topological polar surface area (TPSA) is 38.0 Å². The highest BCUT2D eigenvalue weighted by atomic mass is 19.3. The molecule has 0 aliphatic heterocycles. The summed E-state index contributed by atoms with van der Waals surface area (Å²) in [7, 11) is 0. The maximum atomic E-state index is 12.4. The van der Waals surface area contributed by atoms with E-state index in [1.807, 2.05) is 0 Å². The van der Waals surface area contributed by atoms with Crippen LogP contribution in [0.1, 0.15) is 12.2 Å². The monoisotopic (exact) mass is 197 g/mol. The number of fused-ring (bicyclic) bond motifs is 1. The first-order valence-corrected chi connectivity index (χ1v) is 3.91. The van der Waals surface area contributed by atoms with E-state index in [0.717, 1.165) is 0 Å². The Bertz CT molecular complexity index is 479. The fourth-order valence-corrected chi connectivity index (χ4v) is 1.34. The van der Waals surface area contributed by atoms with Gasteiger partial charge in [0.05, 0.1) is 11.2 Å². The van der Waals surface area contributed by atoms with E-state index < -0.39 is 6.55 Å². The first-order chi connectivity index (χ1) is 6.59. The molecule has 1 N–H and O–H groups in total. The van der Waals surface area contributed by atoms with Gasteiger partial charge < -0.3 is 5.11 Å². The van der Waals surface area contributed by atoms with Crippen molar-refractivity contribution in [1.29, 1.82) is 0 Å². The van der Waals surface area contributed by atoms with Gasteiger partial charge in [0.25, 0.3) is 0 Å². The summed E-state index contributed by atoms with van der Waals surface area (Å²) in [5, 5.41) is 13.2. The van der Waals surface area contributed by atoms with Crippen LogP contribution >= 0.6 is 0 Å². The molecule has 0 bridgehead atoms. The predicted molar refractivity (Wildman–Crippen MR) is 47.1 cm³/mol. The van der Waals surface area contributed by atoms with Crippen LogP contribution in [-0.2, 0) is 0 Å². The molecular formula is C9H7F2N2O. The molecule has 0 amide bonds. The van der Waals surface area contributed by atoms with E-state index in [9.17, 15) is 8.78 Å². The Morgan fingerprint density at radius 1 is 1.43 bits per heavy atom. The summed E-state index contributed by atoms with van der Waals surface area (Å²) in [6, 6.07) is 4.16. The van der Waals surface area contributed by atoms with E-state index in [2.05, 4.69) is 12.0 Å². The Hall–Kier alpha value is -1.65. The van der Waals surface area contributed by atoms with E-state index in [0.29, 0.717) is 10.1 Å². The van der Waals surface area contributed by atoms with Crippen LogP contribution in [0.25, 0.3) is 10.9 Å². The lowest BCUT2D eigenvalue weighted by molar-refractivity contribution is 0.0613. The lowest BCUT2D eigenvalue weighted by Crippen LogP contribution is -1.99. The van der Waals surface area contributed by atoms with Crippen molar-refractivity contribution in [3.8, 4) is 5.75 Å². The Balaban J connectivity index is 2.79. The third kappa shape index (κ3) is 1.21. The van der Waals surface area contributed by atoms with Crippen molar-refractivity contribution in [3.05, 3.63) is 30.8 Å². The molecule has 73 valence electrons. The number of halogens is 2. The second kappa shape index (κ2) is 2.94. The third-order valence-corrected chi connectivity index (χ3v) is 1.95. The smallest absolute Gasteiger partial charge is 0.333 e. The van der Waals surface area contributed by atoms with Gasteiger partial charge in [-0.2, -0.15) is 13.9 Å². The second-order valence-corrected chi connectivity index (χ2v) is 2.87. The normalized spacial score (nSPS) is 11.4. The van der Waals surface area contributed by atoms with Crippen LogP contribution in [-0.4, -0.2) is 14.9 Å². The molecule has 0 atom stereocenters. The summed E-state index contributed by atoms with van der Waals surface area (Å²) < 4.78 is 25.4. The number of phenolic OH excluding ortho intramolecular Hbond substituents is 1. The van der Waals surface area contributed by atoms with Gasteiger partial charge >= 0.3 is 6.55 Å². The number of benzene rings is 1. The molecule has 1 radical (unpaired) electrons. The number of aromatic nitrogens is 2. The van der Waals surface area contributed by atoms with Crippen LogP contribution < -0.4 is 0 Å². The zero-order valence-corrected chi connectivity index (χ0v) is 7.11. The highest BCUT2D eigenvalue weighted by molar-refractivity contribution is 5.83. The van der Waals surface area contributed by atoms with Crippen molar-refractivity contribution in [1.82, 2.24) is 9.78 Å². The molecule has 1 aromatic carbocycles. The maximum Gasteiger partial charge on any atom is 0.333 e. The van der Waals surface area contributed by atoms with Crippen LogP contribution in [0.2, 0.25) is 0 Å². The molecule has 2 aromatic rings. The van der Waals surface area contributed by atoms with Gasteiger partial charge in [-0.1, -0.05) is 0 Å². The van der Waals surface area contributed by atoms with Gasteiger partial charge in [-0.05, 0) is 19.1 Å². The number of nitrogens with zero attached hydrogens (tertiary/aromatic N) is 2. The predicted octanol–water partition coefficient (Wildman–Crippen LogP) is 2.32. The molecule has 0 aliphatic carbocycles. The molecule has 5 heteroatoms. The quantitative estimate of drug-likeness (QED) is 0.761. The molecule has 2 rings (SSSR count). The van der Waals surface area contributed by atoms with E-state index >= 15 is 0 Å². The van der Waals surface area contributed by atoms with Crippen LogP contribution in [0.3, 0.4) is 0 Å². The van der Waals surface area contributed by atoms with Crippen LogP contribution in [0.4, 0.5) is 8.78 Å². The average molecular weight is 197 g/mol. The van der Waals surface area contributed by atoms with Crippen molar-refractivity contribution in [2.24, 2.45) is 0 Å². The van der Waals surface area contributed by atoms with Gasteiger partial charge in [0.2, 0.25) is 0 Å². The van der Waals surface area contributed by atoms with E-state index in [1.54, 1.807) is 0 Å². The Kier molecular flexibility index (Phi) is 1.87. The molecule has 0 saturated heterocycles. The molecule has 0 unspecified atom stereocenters. The molecule has 14 heavy (non-hydrogen) atoms. The van der Waals surface area contributed by atoms with Gasteiger partial charge in [0.1, 0.15) is 5.75 Å². The molecule has 0 fully saturated rings. The lowest BCUT2D eigenvalue weighted by Gasteiger charge is -2.00. The highest BCUT2D eigenvalue weighted by Gasteiger charge is 2.14. The van der Waals surface area contributed by atoms with Crippen LogP contribution in [0.15, 0.2) is 18.2 Å². The number of aromatic hydroxyl groups is 1. The Labute approximate surface area is 78.6 Å². The standard InChI is InChI=1S/C9H7F2N2O/c1-5-7-3-2-6(14)4-8(7)13(12-5)9(10)11/h2-4,9,14H,1H2. The minimum Gasteiger partial charge on any atom is -0.508 e. The minimum atomic E-state index is -2.73. The van der Waals surface area contributed by atoms with Crippen molar-refractivity contribution < 1.29 is 13.9 Å².